The maximum atomic E-state index is 12.1. The number of rotatable bonds is 34. The van der Waals surface area contributed by atoms with Crippen LogP contribution in [0, 0.1) is 0 Å². The minimum absolute atomic E-state index is 0.0228. The predicted molar refractivity (Wildman–Crippen MR) is 216 cm³/mol. The number of nitrogens with one attached hydrogen (secondary N) is 4. The average molecular weight is 979 g/mol. The molecule has 0 aliphatic heterocycles. The largest absolute Gasteiger partial charge is 0.422 e. The molecule has 2 unspecified atom stereocenters. The number of ether oxygens (including phenoxy) is 7. The second-order valence-corrected chi connectivity index (χ2v) is 29.2. The summed E-state index contributed by atoms with van der Waals surface area (Å²) in [7, 11) is -10.6. The lowest BCUT2D eigenvalue weighted by molar-refractivity contribution is -0.144. The van der Waals surface area contributed by atoms with Crippen molar-refractivity contribution < 1.29 is 86.0 Å². The summed E-state index contributed by atoms with van der Waals surface area (Å²) in [5, 5.41) is 9.66. The first kappa shape index (κ1) is 55.5. The van der Waals surface area contributed by atoms with E-state index >= 15 is 0 Å². The van der Waals surface area contributed by atoms with Crippen LogP contribution in [0.3, 0.4) is 0 Å². The quantitative estimate of drug-likeness (QED) is 0.0313. The molecular formula is C26H50N4O19S8. The number of carbonyl (C=O) groups excluding carboxylic acids is 4. The molecule has 0 aliphatic carbocycles. The highest BCUT2D eigenvalue weighted by Gasteiger charge is 2.18. The van der Waals surface area contributed by atoms with Crippen LogP contribution in [0.2, 0.25) is 0 Å². The molecule has 4 N–H and O–H groups in total. The van der Waals surface area contributed by atoms with Crippen molar-refractivity contribution in [2.45, 2.75) is 12.2 Å². The molecule has 2 atom stereocenters. The molecule has 0 fully saturated rings. The molecule has 31 heteroatoms. The second kappa shape index (κ2) is 30.5. The summed E-state index contributed by atoms with van der Waals surface area (Å²) in [6, 6.07) is 0. The minimum atomic E-state index is -3.31. The van der Waals surface area contributed by atoms with E-state index in [0.29, 0.717) is 43.2 Å². The standard InChI is InChI=1S/C26H50N4O19S8/c1-54(35,36)50-9-5-27-23(31)17-44-15-21(46-19-48-25(33)29-7-11-52-56(3,39)40)13-43-14-22(16-45-18-24(32)28-6-10-51-55(2,37)38)47-20-49-26(34)30-8-12-53-57(4,41)42/h21-22H,5-20H2,1-4H3,(H,27,31)(H,28,32)(H,29,33)(H,30,34). The molecule has 336 valence electrons. The first-order valence-electron chi connectivity index (χ1n) is 16.1. The van der Waals surface area contributed by atoms with Gasteiger partial charge in [0, 0.05) is 74.2 Å². The maximum Gasteiger partial charge on any atom is 0.409 e. The van der Waals surface area contributed by atoms with E-state index < -0.39 is 98.5 Å². The fourth-order valence-corrected chi connectivity index (χ4v) is 9.80. The summed E-state index contributed by atoms with van der Waals surface area (Å²) in [4.78, 5) is 48.2. The Morgan fingerprint density at radius 1 is 0.456 bits per heavy atom. The van der Waals surface area contributed by atoms with Crippen LogP contribution in [0.15, 0.2) is 0 Å². The van der Waals surface area contributed by atoms with Gasteiger partial charge >= 0.3 is 12.2 Å². The van der Waals surface area contributed by atoms with Crippen molar-refractivity contribution in [3.05, 3.63) is 0 Å². The van der Waals surface area contributed by atoms with E-state index in [2.05, 4.69) is 21.3 Å². The van der Waals surface area contributed by atoms with E-state index in [1.807, 2.05) is 0 Å². The second-order valence-electron chi connectivity index (χ2n) is 10.9. The topological polar surface area (TPSA) is 318 Å². The maximum absolute atomic E-state index is 12.1. The fraction of sp³-hybridized carbons (Fsp3) is 0.846. The Bertz CT molecular complexity index is 1420. The minimum Gasteiger partial charge on any atom is -0.422 e. The first-order chi connectivity index (χ1) is 26.4. The Labute approximate surface area is 347 Å². The summed E-state index contributed by atoms with van der Waals surface area (Å²) in [6.07, 6.45) is 0.317. The van der Waals surface area contributed by atoms with Gasteiger partial charge in [-0.3, -0.25) is 9.59 Å². The Morgan fingerprint density at radius 3 is 1.04 bits per heavy atom. The van der Waals surface area contributed by atoms with Crippen molar-refractivity contribution in [2.24, 2.45) is 0 Å². The van der Waals surface area contributed by atoms with Crippen LogP contribution in [0.25, 0.3) is 0 Å². The Hall–Kier alpha value is -1.52. The zero-order chi connectivity index (χ0) is 43.4. The van der Waals surface area contributed by atoms with Crippen LogP contribution in [0.1, 0.15) is 0 Å². The molecule has 0 spiro atoms. The predicted octanol–water partition coefficient (Wildman–Crippen LogP) is -1.82. The molecule has 0 aliphatic rings. The fourth-order valence-electron chi connectivity index (χ4n) is 3.22. The number of hydrogen-bond donors (Lipinski definition) is 4. The first-order valence-corrected chi connectivity index (χ1v) is 29.7. The van der Waals surface area contributed by atoms with Crippen LogP contribution in [0.5, 0.6) is 0 Å². The molecule has 0 saturated heterocycles. The zero-order valence-corrected chi connectivity index (χ0v) is 38.0. The van der Waals surface area contributed by atoms with Gasteiger partial charge in [-0.2, -0.15) is 0 Å². The molecule has 0 aromatic heterocycles. The third-order valence-electron chi connectivity index (χ3n) is 5.45. The van der Waals surface area contributed by atoms with E-state index in [-0.39, 0.29) is 75.6 Å². The monoisotopic (exact) mass is 978 g/mol. The van der Waals surface area contributed by atoms with E-state index in [4.69, 9.17) is 33.2 Å². The van der Waals surface area contributed by atoms with Crippen molar-refractivity contribution >= 4 is 103 Å². The van der Waals surface area contributed by atoms with Crippen LogP contribution >= 0.6 is 43.2 Å². The van der Waals surface area contributed by atoms with E-state index in [1.54, 1.807) is 0 Å². The van der Waals surface area contributed by atoms with Crippen molar-refractivity contribution in [3.8, 4) is 0 Å². The van der Waals surface area contributed by atoms with Gasteiger partial charge in [-0.1, -0.05) is 0 Å². The lowest BCUT2D eigenvalue weighted by atomic mass is 10.3. The van der Waals surface area contributed by atoms with Crippen molar-refractivity contribution in [2.75, 3.05) is 127 Å². The normalized spacial score (nSPS) is 13.3. The highest BCUT2D eigenvalue weighted by molar-refractivity contribution is 8.72. The van der Waals surface area contributed by atoms with Crippen molar-refractivity contribution in [1.29, 1.82) is 0 Å². The molecule has 0 aromatic rings. The number of hydrogen-bond acceptors (Lipinski definition) is 23. The molecule has 0 heterocycles. The lowest BCUT2D eigenvalue weighted by Crippen LogP contribution is -2.36. The number of carbonyl (C=O) groups is 4. The SMILES string of the molecule is CS(=O)(=O)SCCNC(=O)COCC(COCC(COCC(=O)NCCSS(C)(=O)=O)OCOC(=O)NCCSS(C)(=O)=O)OCOC(=O)NCCSS(C)(=O)=O. The van der Waals surface area contributed by atoms with Crippen LogP contribution in [-0.2, 0) is 78.2 Å². The van der Waals surface area contributed by atoms with Gasteiger partial charge in [-0.15, -0.1) is 0 Å². The third kappa shape index (κ3) is 41.0. The molecule has 23 nitrogen and oxygen atoms in total. The van der Waals surface area contributed by atoms with Crippen LogP contribution in [0.4, 0.5) is 9.59 Å². The van der Waals surface area contributed by atoms with Gasteiger partial charge in [0.1, 0.15) is 25.4 Å². The van der Waals surface area contributed by atoms with Crippen LogP contribution in [-0.4, -0.2) is 197 Å². The van der Waals surface area contributed by atoms with Gasteiger partial charge < -0.3 is 54.4 Å². The number of alkyl carbamates (subject to hydrolysis) is 2. The van der Waals surface area contributed by atoms with Gasteiger partial charge in [0.2, 0.25) is 11.8 Å². The summed E-state index contributed by atoms with van der Waals surface area (Å²) in [5.41, 5.74) is 0. The average Bonchev–Trinajstić information content (AvgIpc) is 3.07. The highest BCUT2D eigenvalue weighted by atomic mass is 33.2. The van der Waals surface area contributed by atoms with Crippen LogP contribution < -0.4 is 21.3 Å². The molecule has 4 amide bonds. The van der Waals surface area contributed by atoms with E-state index in [0.717, 1.165) is 25.0 Å². The van der Waals surface area contributed by atoms with Gasteiger partial charge in [-0.25, -0.2) is 43.3 Å². The Kier molecular flexibility index (Phi) is 29.7. The molecular weight excluding hydrogens is 929 g/mol. The molecule has 57 heavy (non-hydrogen) atoms. The van der Waals surface area contributed by atoms with Gasteiger partial charge in [0.25, 0.3) is 0 Å². The summed E-state index contributed by atoms with van der Waals surface area (Å²) < 4.78 is 127. The van der Waals surface area contributed by atoms with Crippen molar-refractivity contribution in [1.82, 2.24) is 21.3 Å². The summed E-state index contributed by atoms with van der Waals surface area (Å²) in [6.45, 7) is -3.17. The third-order valence-corrected chi connectivity index (χ3v) is 15.8. The van der Waals surface area contributed by atoms with Gasteiger partial charge in [0.15, 0.2) is 49.1 Å². The molecule has 0 bridgehead atoms. The smallest absolute Gasteiger partial charge is 0.409 e. The summed E-state index contributed by atoms with van der Waals surface area (Å²) >= 11 is 0. The van der Waals surface area contributed by atoms with E-state index in [1.165, 1.54) is 0 Å². The molecule has 0 radical (unpaired) electrons. The Morgan fingerprint density at radius 2 is 0.737 bits per heavy atom. The molecule has 0 saturated carbocycles. The Balaban J connectivity index is 5.26. The highest BCUT2D eigenvalue weighted by Crippen LogP contribution is 2.10. The molecule has 0 rings (SSSR count). The summed E-state index contributed by atoms with van der Waals surface area (Å²) in [5.74, 6) is -0.771. The zero-order valence-electron chi connectivity index (χ0n) is 31.5. The van der Waals surface area contributed by atoms with Crippen molar-refractivity contribution in [3.63, 3.8) is 0 Å². The number of amides is 4. The van der Waals surface area contributed by atoms with Gasteiger partial charge in [-0.05, 0) is 43.2 Å². The lowest BCUT2D eigenvalue weighted by Gasteiger charge is -2.21. The van der Waals surface area contributed by atoms with E-state index in [9.17, 15) is 52.8 Å². The van der Waals surface area contributed by atoms with Gasteiger partial charge in [0.05, 0.1) is 26.4 Å². The molecule has 0 aromatic carbocycles.